The lowest BCUT2D eigenvalue weighted by atomic mass is 10.8. The van der Waals surface area contributed by atoms with Crippen LogP contribution in [0.1, 0.15) is 6.92 Å². The highest BCUT2D eigenvalue weighted by molar-refractivity contribution is 4.51. The molecule has 0 atom stereocenters. The van der Waals surface area contributed by atoms with Crippen LogP contribution < -0.4 is 11.5 Å². The van der Waals surface area contributed by atoms with E-state index in [9.17, 15) is 0 Å². The van der Waals surface area contributed by atoms with E-state index in [0.29, 0.717) is 0 Å². The summed E-state index contributed by atoms with van der Waals surface area (Å²) in [6.07, 6.45) is 1.75. The van der Waals surface area contributed by atoms with E-state index in [1.165, 1.54) is 14.1 Å². The molecule has 7 heavy (non-hydrogen) atoms. The molecule has 0 radical (unpaired) electrons. The van der Waals surface area contributed by atoms with Gasteiger partial charge in [0.1, 0.15) is 0 Å². The first kappa shape index (κ1) is 15.9. The van der Waals surface area contributed by atoms with Crippen molar-refractivity contribution in [3.63, 3.8) is 0 Å². The van der Waals surface area contributed by atoms with Crippen LogP contribution in [0, 0.1) is 0 Å². The van der Waals surface area contributed by atoms with E-state index in [4.69, 9.17) is 0 Å². The molecular formula is C5H16N2. The second-order valence-electron chi connectivity index (χ2n) is 0.408. The van der Waals surface area contributed by atoms with Gasteiger partial charge in [-0.05, 0) is 21.0 Å². The number of rotatable bonds is 0. The minimum absolute atomic E-state index is 1.50. The standard InChI is InChI=1S/C3H6.2CH5N/c1-3-2;2*1-2/h3H,1H2,2H3;2*2H2,1H3. The Hall–Kier alpha value is -0.340. The second-order valence-corrected chi connectivity index (χ2v) is 0.408. The summed E-state index contributed by atoms with van der Waals surface area (Å²) in [6.45, 7) is 5.25. The predicted molar refractivity (Wildman–Crippen MR) is 36.1 cm³/mol. The van der Waals surface area contributed by atoms with Crippen LogP contribution in [0.3, 0.4) is 0 Å². The maximum Gasteiger partial charge on any atom is -0.0195 e. The summed E-state index contributed by atoms with van der Waals surface area (Å²) in [7, 11) is 3.00. The van der Waals surface area contributed by atoms with Crippen LogP contribution >= 0.6 is 0 Å². The molecule has 0 unspecified atom stereocenters. The molecule has 0 aromatic rings. The first-order chi connectivity index (χ1) is 3.41. The first-order valence-electron chi connectivity index (χ1n) is 2.14. The van der Waals surface area contributed by atoms with Gasteiger partial charge in [0.05, 0.1) is 0 Å². The third-order valence-corrected chi connectivity index (χ3v) is 0. The van der Waals surface area contributed by atoms with Gasteiger partial charge in [0.2, 0.25) is 0 Å². The van der Waals surface area contributed by atoms with Gasteiger partial charge in [0.25, 0.3) is 0 Å². The maximum absolute atomic E-state index is 4.50. The number of nitrogens with two attached hydrogens (primary N) is 2. The van der Waals surface area contributed by atoms with Crippen molar-refractivity contribution in [1.29, 1.82) is 0 Å². The lowest BCUT2D eigenvalue weighted by Crippen LogP contribution is -1.69. The van der Waals surface area contributed by atoms with E-state index in [-0.39, 0.29) is 0 Å². The van der Waals surface area contributed by atoms with Gasteiger partial charge in [0.15, 0.2) is 0 Å². The van der Waals surface area contributed by atoms with E-state index in [2.05, 4.69) is 18.0 Å². The average Bonchev–Trinajstić information content (AvgIpc) is 1.78. The van der Waals surface area contributed by atoms with Crippen molar-refractivity contribution in [1.82, 2.24) is 0 Å². The average molecular weight is 104 g/mol. The first-order valence-corrected chi connectivity index (χ1v) is 2.14. The fourth-order valence-corrected chi connectivity index (χ4v) is 0. The maximum atomic E-state index is 4.50. The lowest BCUT2D eigenvalue weighted by molar-refractivity contribution is 1.48. The van der Waals surface area contributed by atoms with Gasteiger partial charge in [-0.2, -0.15) is 0 Å². The molecule has 4 N–H and O–H groups in total. The fourth-order valence-electron chi connectivity index (χ4n) is 0. The summed E-state index contributed by atoms with van der Waals surface area (Å²) in [6, 6.07) is 0. The molecule has 0 rings (SSSR count). The Kier molecular flexibility index (Phi) is 642. The number of hydrogen-bond donors (Lipinski definition) is 2. The lowest BCUT2D eigenvalue weighted by Gasteiger charge is -1.31. The van der Waals surface area contributed by atoms with E-state index < -0.39 is 0 Å². The second kappa shape index (κ2) is 282. The molecule has 0 aliphatic carbocycles. The molecule has 2 heteroatoms. The number of hydrogen-bond acceptors (Lipinski definition) is 2. The molecule has 0 saturated carbocycles. The van der Waals surface area contributed by atoms with Crippen LogP contribution in [0.2, 0.25) is 0 Å². The molecule has 0 saturated heterocycles. The third kappa shape index (κ3) is 656. The predicted octanol–water partition coefficient (Wildman–Crippen LogP) is 0.342. The van der Waals surface area contributed by atoms with Gasteiger partial charge in [-0.3, -0.25) is 0 Å². The van der Waals surface area contributed by atoms with Crippen molar-refractivity contribution in [2.24, 2.45) is 11.5 Å². The van der Waals surface area contributed by atoms with Gasteiger partial charge < -0.3 is 11.5 Å². The molecule has 0 aliphatic heterocycles. The Morgan fingerprint density at radius 2 is 1.14 bits per heavy atom. The van der Waals surface area contributed by atoms with E-state index in [0.717, 1.165) is 0 Å². The summed E-state index contributed by atoms with van der Waals surface area (Å²) in [5.74, 6) is 0. The zero-order valence-corrected chi connectivity index (χ0v) is 5.44. The SMILES string of the molecule is C=CC.CN.CN. The normalized spacial score (nSPS) is 3.57. The van der Waals surface area contributed by atoms with Crippen LogP contribution in [-0.4, -0.2) is 14.1 Å². The molecule has 0 aliphatic rings. The smallest absolute Gasteiger partial charge is 0.0195 e. The van der Waals surface area contributed by atoms with Gasteiger partial charge in [-0.15, -0.1) is 6.58 Å². The van der Waals surface area contributed by atoms with Crippen LogP contribution in [0.25, 0.3) is 0 Å². The molecular weight excluding hydrogens is 88.1 g/mol. The Labute approximate surface area is 46.2 Å². The van der Waals surface area contributed by atoms with Gasteiger partial charge in [-0.25, -0.2) is 0 Å². The van der Waals surface area contributed by atoms with E-state index >= 15 is 0 Å². The highest BCUT2D eigenvalue weighted by Crippen LogP contribution is 1.38. The van der Waals surface area contributed by atoms with Crippen LogP contribution in [-0.2, 0) is 0 Å². The monoisotopic (exact) mass is 104 g/mol. The Morgan fingerprint density at radius 3 is 1.14 bits per heavy atom. The zero-order valence-electron chi connectivity index (χ0n) is 5.44. The van der Waals surface area contributed by atoms with E-state index in [1.54, 1.807) is 6.08 Å². The summed E-state index contributed by atoms with van der Waals surface area (Å²) in [5.41, 5.74) is 9.00. The van der Waals surface area contributed by atoms with Crippen molar-refractivity contribution < 1.29 is 0 Å². The summed E-state index contributed by atoms with van der Waals surface area (Å²) >= 11 is 0. The summed E-state index contributed by atoms with van der Waals surface area (Å²) in [5, 5.41) is 0. The molecule has 0 heterocycles. The van der Waals surface area contributed by atoms with Crippen molar-refractivity contribution in [2.45, 2.75) is 6.92 Å². The Morgan fingerprint density at radius 1 is 1.14 bits per heavy atom. The fraction of sp³-hybridized carbons (Fsp3) is 0.600. The largest absolute Gasteiger partial charge is 0.333 e. The minimum Gasteiger partial charge on any atom is -0.333 e. The molecule has 46 valence electrons. The molecule has 0 fully saturated rings. The van der Waals surface area contributed by atoms with Gasteiger partial charge in [0, 0.05) is 0 Å². The molecule has 0 amide bonds. The zero-order chi connectivity index (χ0) is 6.71. The van der Waals surface area contributed by atoms with Crippen LogP contribution in [0.5, 0.6) is 0 Å². The van der Waals surface area contributed by atoms with Crippen molar-refractivity contribution in [3.05, 3.63) is 12.7 Å². The van der Waals surface area contributed by atoms with Crippen molar-refractivity contribution >= 4 is 0 Å². The molecule has 0 aromatic heterocycles. The topological polar surface area (TPSA) is 52.0 Å². The summed E-state index contributed by atoms with van der Waals surface area (Å²) < 4.78 is 0. The van der Waals surface area contributed by atoms with E-state index in [1.807, 2.05) is 6.92 Å². The molecule has 0 spiro atoms. The Balaban J connectivity index is -0.0000000360. The third-order valence-electron chi connectivity index (χ3n) is 0. The number of allylic oxidation sites excluding steroid dienone is 1. The summed E-state index contributed by atoms with van der Waals surface area (Å²) in [4.78, 5) is 0. The van der Waals surface area contributed by atoms with Crippen molar-refractivity contribution in [2.75, 3.05) is 14.1 Å². The van der Waals surface area contributed by atoms with Crippen LogP contribution in [0.4, 0.5) is 0 Å². The van der Waals surface area contributed by atoms with Crippen LogP contribution in [0.15, 0.2) is 12.7 Å². The highest BCUT2D eigenvalue weighted by Gasteiger charge is 1.15. The molecule has 2 nitrogen and oxygen atoms in total. The van der Waals surface area contributed by atoms with Gasteiger partial charge in [-0.1, -0.05) is 6.08 Å². The Bertz CT molecular complexity index is 13.6. The van der Waals surface area contributed by atoms with Gasteiger partial charge >= 0.3 is 0 Å². The minimum atomic E-state index is 1.50. The quantitative estimate of drug-likeness (QED) is 0.435. The molecule has 0 bridgehead atoms. The molecule has 0 aromatic carbocycles. The van der Waals surface area contributed by atoms with Crippen molar-refractivity contribution in [3.8, 4) is 0 Å². The highest BCUT2D eigenvalue weighted by atomic mass is 14.4.